The van der Waals surface area contributed by atoms with E-state index in [4.69, 9.17) is 9.84 Å². The zero-order valence-corrected chi connectivity index (χ0v) is 12.2. The summed E-state index contributed by atoms with van der Waals surface area (Å²) < 4.78 is 5.19. The average Bonchev–Trinajstić information content (AvgIpc) is 2.41. The Morgan fingerprint density at radius 1 is 1.24 bits per heavy atom. The Morgan fingerprint density at radius 2 is 1.90 bits per heavy atom. The lowest BCUT2D eigenvalue weighted by molar-refractivity contribution is -0.140. The molecule has 1 aromatic carbocycles. The SMILES string of the molecule is CC(C)CC(NCc1ccccc1OCC(=O)O)C(=O)O. The molecule has 0 amide bonds. The predicted molar refractivity (Wildman–Crippen MR) is 77.3 cm³/mol. The maximum Gasteiger partial charge on any atom is 0.341 e. The largest absolute Gasteiger partial charge is 0.482 e. The van der Waals surface area contributed by atoms with Crippen LogP contribution in [0.1, 0.15) is 25.8 Å². The number of hydrogen-bond acceptors (Lipinski definition) is 4. The number of ether oxygens (including phenoxy) is 1. The first-order valence-electron chi connectivity index (χ1n) is 6.78. The topological polar surface area (TPSA) is 95.9 Å². The summed E-state index contributed by atoms with van der Waals surface area (Å²) in [6.07, 6.45) is 0.521. The van der Waals surface area contributed by atoms with Crippen LogP contribution >= 0.6 is 0 Å². The minimum atomic E-state index is -1.05. The molecule has 0 heterocycles. The third kappa shape index (κ3) is 6.27. The van der Waals surface area contributed by atoms with Gasteiger partial charge in [0.05, 0.1) is 0 Å². The van der Waals surface area contributed by atoms with Crippen molar-refractivity contribution < 1.29 is 24.5 Å². The fraction of sp³-hybridized carbons (Fsp3) is 0.467. The van der Waals surface area contributed by atoms with Gasteiger partial charge in [-0.2, -0.15) is 0 Å². The molecule has 0 saturated heterocycles. The van der Waals surface area contributed by atoms with Crippen molar-refractivity contribution in [2.45, 2.75) is 32.9 Å². The van der Waals surface area contributed by atoms with Crippen LogP contribution in [0.4, 0.5) is 0 Å². The van der Waals surface area contributed by atoms with Crippen molar-refractivity contribution in [1.82, 2.24) is 5.32 Å². The van der Waals surface area contributed by atoms with Crippen LogP contribution in [0.3, 0.4) is 0 Å². The number of para-hydroxylation sites is 1. The molecular formula is C15H21NO5. The first-order valence-corrected chi connectivity index (χ1v) is 6.78. The molecule has 0 bridgehead atoms. The molecule has 0 aliphatic heterocycles. The van der Waals surface area contributed by atoms with Gasteiger partial charge in [0.25, 0.3) is 0 Å². The molecule has 116 valence electrons. The fourth-order valence-electron chi connectivity index (χ4n) is 1.91. The molecule has 0 fully saturated rings. The highest BCUT2D eigenvalue weighted by molar-refractivity contribution is 5.73. The van der Waals surface area contributed by atoms with Crippen molar-refractivity contribution >= 4 is 11.9 Å². The van der Waals surface area contributed by atoms with E-state index in [2.05, 4.69) is 5.32 Å². The minimum Gasteiger partial charge on any atom is -0.482 e. The van der Waals surface area contributed by atoms with Gasteiger partial charge in [-0.3, -0.25) is 4.79 Å². The van der Waals surface area contributed by atoms with E-state index in [1.807, 2.05) is 13.8 Å². The lowest BCUT2D eigenvalue weighted by Crippen LogP contribution is -2.37. The molecule has 1 aromatic rings. The van der Waals surface area contributed by atoms with Crippen LogP contribution in [0.15, 0.2) is 24.3 Å². The van der Waals surface area contributed by atoms with Crippen LogP contribution < -0.4 is 10.1 Å². The predicted octanol–water partition coefficient (Wildman–Crippen LogP) is 1.74. The monoisotopic (exact) mass is 295 g/mol. The van der Waals surface area contributed by atoms with Gasteiger partial charge >= 0.3 is 11.9 Å². The second-order valence-electron chi connectivity index (χ2n) is 5.19. The summed E-state index contributed by atoms with van der Waals surface area (Å²) in [6, 6.07) is 6.33. The van der Waals surface area contributed by atoms with Crippen LogP contribution in [-0.2, 0) is 16.1 Å². The molecular weight excluding hydrogens is 274 g/mol. The molecule has 0 aliphatic carbocycles. The normalized spacial score (nSPS) is 12.1. The smallest absolute Gasteiger partial charge is 0.341 e. The second kappa shape index (κ2) is 8.26. The Bertz CT molecular complexity index is 487. The highest BCUT2D eigenvalue weighted by Gasteiger charge is 2.18. The number of benzene rings is 1. The summed E-state index contributed by atoms with van der Waals surface area (Å²) in [5.41, 5.74) is 0.730. The van der Waals surface area contributed by atoms with Crippen LogP contribution in [0.2, 0.25) is 0 Å². The summed E-state index contributed by atoms with van der Waals surface area (Å²) in [5.74, 6) is -1.24. The van der Waals surface area contributed by atoms with E-state index in [9.17, 15) is 14.7 Å². The lowest BCUT2D eigenvalue weighted by atomic mass is 10.0. The van der Waals surface area contributed by atoms with Gasteiger partial charge < -0.3 is 20.3 Å². The molecule has 0 radical (unpaired) electrons. The number of rotatable bonds is 9. The van der Waals surface area contributed by atoms with Crippen LogP contribution in [0, 0.1) is 5.92 Å². The van der Waals surface area contributed by atoms with Crippen molar-refractivity contribution in [2.75, 3.05) is 6.61 Å². The van der Waals surface area contributed by atoms with Crippen molar-refractivity contribution in [3.8, 4) is 5.75 Å². The number of carboxylic acid groups (broad SMARTS) is 2. The number of hydrogen-bond donors (Lipinski definition) is 3. The molecule has 1 atom stereocenters. The van der Waals surface area contributed by atoms with Crippen molar-refractivity contribution in [3.05, 3.63) is 29.8 Å². The molecule has 6 nitrogen and oxygen atoms in total. The fourth-order valence-corrected chi connectivity index (χ4v) is 1.91. The Labute approximate surface area is 123 Å². The summed E-state index contributed by atoms with van der Waals surface area (Å²) in [5, 5.41) is 20.8. The quantitative estimate of drug-likeness (QED) is 0.642. The zero-order valence-electron chi connectivity index (χ0n) is 12.2. The van der Waals surface area contributed by atoms with Crippen molar-refractivity contribution in [1.29, 1.82) is 0 Å². The molecule has 3 N–H and O–H groups in total. The second-order valence-corrected chi connectivity index (χ2v) is 5.19. The third-order valence-corrected chi connectivity index (χ3v) is 2.87. The minimum absolute atomic E-state index is 0.261. The lowest BCUT2D eigenvalue weighted by Gasteiger charge is -2.17. The number of carbonyl (C=O) groups is 2. The first kappa shape index (κ1) is 17.0. The molecule has 1 unspecified atom stereocenters. The standard InChI is InChI=1S/C15H21NO5/c1-10(2)7-12(15(19)20)16-8-11-5-3-4-6-13(11)21-9-14(17)18/h3-6,10,12,16H,7-9H2,1-2H3,(H,17,18)(H,19,20). The van der Waals surface area contributed by atoms with Crippen molar-refractivity contribution in [2.24, 2.45) is 5.92 Å². The third-order valence-electron chi connectivity index (χ3n) is 2.87. The summed E-state index contributed by atoms with van der Waals surface area (Å²) in [4.78, 5) is 21.7. The molecule has 0 saturated carbocycles. The Balaban J connectivity index is 2.68. The first-order chi connectivity index (χ1) is 9.90. The van der Waals surface area contributed by atoms with Gasteiger partial charge in [0, 0.05) is 12.1 Å². The average molecular weight is 295 g/mol. The molecule has 0 aromatic heterocycles. The molecule has 21 heavy (non-hydrogen) atoms. The van der Waals surface area contributed by atoms with Gasteiger partial charge in [0.2, 0.25) is 0 Å². The number of aliphatic carboxylic acids is 2. The highest BCUT2D eigenvalue weighted by atomic mass is 16.5. The van der Waals surface area contributed by atoms with Crippen LogP contribution in [-0.4, -0.2) is 34.8 Å². The molecule has 0 aliphatic rings. The van der Waals surface area contributed by atoms with Gasteiger partial charge in [0.15, 0.2) is 6.61 Å². The summed E-state index contributed by atoms with van der Waals surface area (Å²) in [6.45, 7) is 3.80. The number of carboxylic acids is 2. The van der Waals surface area contributed by atoms with Gasteiger partial charge in [0.1, 0.15) is 11.8 Å². The Hall–Kier alpha value is -2.08. The van der Waals surface area contributed by atoms with Crippen molar-refractivity contribution in [3.63, 3.8) is 0 Å². The summed E-state index contributed by atoms with van der Waals surface area (Å²) in [7, 11) is 0. The van der Waals surface area contributed by atoms with E-state index >= 15 is 0 Å². The van der Waals surface area contributed by atoms with E-state index in [-0.39, 0.29) is 5.92 Å². The van der Waals surface area contributed by atoms with E-state index in [1.54, 1.807) is 24.3 Å². The summed E-state index contributed by atoms with van der Waals surface area (Å²) >= 11 is 0. The highest BCUT2D eigenvalue weighted by Crippen LogP contribution is 2.18. The maximum absolute atomic E-state index is 11.2. The van der Waals surface area contributed by atoms with E-state index in [1.165, 1.54) is 0 Å². The molecule has 0 spiro atoms. The van der Waals surface area contributed by atoms with Gasteiger partial charge in [-0.15, -0.1) is 0 Å². The van der Waals surface area contributed by atoms with E-state index in [0.717, 1.165) is 5.56 Å². The van der Waals surface area contributed by atoms with Crippen LogP contribution in [0.5, 0.6) is 5.75 Å². The zero-order chi connectivity index (χ0) is 15.8. The Morgan fingerprint density at radius 3 is 2.48 bits per heavy atom. The molecule has 6 heteroatoms. The van der Waals surface area contributed by atoms with Gasteiger partial charge in [-0.1, -0.05) is 32.0 Å². The number of nitrogens with one attached hydrogen (secondary N) is 1. The van der Waals surface area contributed by atoms with Gasteiger partial charge in [-0.25, -0.2) is 4.79 Å². The Kier molecular flexibility index (Phi) is 6.68. The van der Waals surface area contributed by atoms with E-state index < -0.39 is 24.6 Å². The molecule has 1 rings (SSSR count). The van der Waals surface area contributed by atoms with Gasteiger partial charge in [-0.05, 0) is 18.4 Å². The van der Waals surface area contributed by atoms with E-state index in [0.29, 0.717) is 18.7 Å². The van der Waals surface area contributed by atoms with Crippen LogP contribution in [0.25, 0.3) is 0 Å². The maximum atomic E-state index is 11.2.